The summed E-state index contributed by atoms with van der Waals surface area (Å²) >= 11 is 0. The number of aromatic nitrogens is 2. The van der Waals surface area contributed by atoms with Gasteiger partial charge in [-0.05, 0) is 6.42 Å². The van der Waals surface area contributed by atoms with Crippen LogP contribution in [0.4, 0.5) is 0 Å². The van der Waals surface area contributed by atoms with Crippen molar-refractivity contribution < 1.29 is 14.3 Å². The van der Waals surface area contributed by atoms with Crippen LogP contribution in [0.25, 0.3) is 0 Å². The zero-order chi connectivity index (χ0) is 15.4. The Hall–Kier alpha value is -2.22. The second-order valence-electron chi connectivity index (χ2n) is 5.47. The number of piperidine rings is 1. The van der Waals surface area contributed by atoms with E-state index in [-0.39, 0.29) is 24.0 Å². The number of nitrogens with one attached hydrogen (secondary N) is 2. The zero-order valence-corrected chi connectivity index (χ0v) is 12.2. The number of hydrogen-bond acceptors (Lipinski definition) is 6. The number of carbonyl (C=O) groups excluding carboxylic acids is 2. The highest BCUT2D eigenvalue weighted by Crippen LogP contribution is 2.18. The van der Waals surface area contributed by atoms with Crippen LogP contribution < -0.4 is 15.6 Å². The Morgan fingerprint density at radius 3 is 2.73 bits per heavy atom. The van der Waals surface area contributed by atoms with Crippen molar-refractivity contribution in [2.45, 2.75) is 37.8 Å². The second kappa shape index (κ2) is 6.69. The van der Waals surface area contributed by atoms with Gasteiger partial charge >= 0.3 is 0 Å². The lowest BCUT2D eigenvalue weighted by Gasteiger charge is -2.35. The van der Waals surface area contributed by atoms with Gasteiger partial charge in [-0.25, -0.2) is 10.4 Å². The molecule has 0 spiro atoms. The molecule has 1 aromatic rings. The molecule has 0 radical (unpaired) electrons. The molecule has 2 fully saturated rings. The van der Waals surface area contributed by atoms with Gasteiger partial charge in [-0.3, -0.25) is 20.0 Å². The van der Waals surface area contributed by atoms with Crippen molar-refractivity contribution in [2.24, 2.45) is 0 Å². The average Bonchev–Trinajstić information content (AvgIpc) is 2.57. The van der Waals surface area contributed by atoms with Crippen LogP contribution in [0.2, 0.25) is 0 Å². The van der Waals surface area contributed by atoms with Crippen LogP contribution in [0.1, 0.15) is 25.7 Å². The van der Waals surface area contributed by atoms with Gasteiger partial charge in [-0.1, -0.05) is 0 Å². The maximum absolute atomic E-state index is 12.4. The number of carbonyl (C=O) groups is 2. The summed E-state index contributed by atoms with van der Waals surface area (Å²) in [5.74, 6) is 0.488. The van der Waals surface area contributed by atoms with Gasteiger partial charge in [0.1, 0.15) is 12.1 Å². The van der Waals surface area contributed by atoms with Crippen LogP contribution in [0, 0.1) is 0 Å². The summed E-state index contributed by atoms with van der Waals surface area (Å²) in [6.45, 7) is 1.30. The summed E-state index contributed by atoms with van der Waals surface area (Å²) in [4.78, 5) is 33.4. The fourth-order valence-electron chi connectivity index (χ4n) is 2.69. The van der Waals surface area contributed by atoms with Crippen LogP contribution in [-0.4, -0.2) is 51.9 Å². The summed E-state index contributed by atoms with van der Waals surface area (Å²) in [7, 11) is 0. The Labute approximate surface area is 128 Å². The summed E-state index contributed by atoms with van der Waals surface area (Å²) in [5, 5.41) is 0. The van der Waals surface area contributed by atoms with Crippen molar-refractivity contribution in [2.75, 3.05) is 13.1 Å². The molecule has 2 saturated heterocycles. The van der Waals surface area contributed by atoms with Crippen LogP contribution in [0.3, 0.4) is 0 Å². The Kier molecular flexibility index (Phi) is 4.47. The van der Waals surface area contributed by atoms with Crippen LogP contribution in [0.15, 0.2) is 18.6 Å². The van der Waals surface area contributed by atoms with E-state index in [1.807, 2.05) is 4.90 Å². The molecule has 0 aliphatic carbocycles. The van der Waals surface area contributed by atoms with E-state index >= 15 is 0 Å². The van der Waals surface area contributed by atoms with Crippen molar-refractivity contribution in [3.05, 3.63) is 18.6 Å². The van der Waals surface area contributed by atoms with E-state index in [4.69, 9.17) is 4.74 Å². The first kappa shape index (κ1) is 14.7. The molecule has 0 bridgehead atoms. The van der Waals surface area contributed by atoms with Gasteiger partial charge in [0.2, 0.25) is 17.7 Å². The Morgan fingerprint density at radius 1 is 1.27 bits per heavy atom. The largest absolute Gasteiger partial charge is 0.473 e. The monoisotopic (exact) mass is 305 g/mol. The minimum absolute atomic E-state index is 0.0398. The van der Waals surface area contributed by atoms with Gasteiger partial charge in [-0.15, -0.1) is 0 Å². The average molecular weight is 305 g/mol. The standard InChI is InChI=1S/C14H19N5O3/c20-12-2-1-11(17-18-12)14(21)19-7-3-10(4-8-19)22-13-9-15-5-6-16-13/h5-6,9-11,17H,1-4,7-8H2,(H,18,20). The van der Waals surface area contributed by atoms with E-state index in [0.717, 1.165) is 12.8 Å². The fourth-order valence-corrected chi connectivity index (χ4v) is 2.69. The summed E-state index contributed by atoms with van der Waals surface area (Å²) < 4.78 is 5.76. The molecule has 2 amide bonds. The third kappa shape index (κ3) is 3.51. The zero-order valence-electron chi connectivity index (χ0n) is 12.2. The minimum Gasteiger partial charge on any atom is -0.473 e. The number of amides is 2. The normalized spacial score (nSPS) is 23.0. The first-order chi connectivity index (χ1) is 10.7. The van der Waals surface area contributed by atoms with Crippen LogP contribution >= 0.6 is 0 Å². The van der Waals surface area contributed by atoms with E-state index in [0.29, 0.717) is 31.8 Å². The van der Waals surface area contributed by atoms with Gasteiger partial charge < -0.3 is 9.64 Å². The maximum Gasteiger partial charge on any atom is 0.241 e. The van der Waals surface area contributed by atoms with Gasteiger partial charge in [0.05, 0.1) is 6.20 Å². The van der Waals surface area contributed by atoms with Crippen LogP contribution in [-0.2, 0) is 9.59 Å². The van der Waals surface area contributed by atoms with Crippen molar-refractivity contribution >= 4 is 11.8 Å². The molecule has 8 nitrogen and oxygen atoms in total. The Bertz CT molecular complexity index is 521. The van der Waals surface area contributed by atoms with Crippen molar-refractivity contribution in [1.29, 1.82) is 0 Å². The molecule has 1 unspecified atom stereocenters. The summed E-state index contributed by atoms with van der Waals surface area (Å²) in [6, 6.07) is -0.324. The highest BCUT2D eigenvalue weighted by atomic mass is 16.5. The number of hydrogen-bond donors (Lipinski definition) is 2. The molecule has 1 atom stereocenters. The third-order valence-electron chi connectivity index (χ3n) is 3.92. The molecule has 3 heterocycles. The van der Waals surface area contributed by atoms with E-state index < -0.39 is 0 Å². The van der Waals surface area contributed by atoms with E-state index in [1.54, 1.807) is 18.6 Å². The van der Waals surface area contributed by atoms with Gasteiger partial charge in [-0.2, -0.15) is 0 Å². The van der Waals surface area contributed by atoms with Crippen molar-refractivity contribution in [3.8, 4) is 5.88 Å². The van der Waals surface area contributed by atoms with Crippen molar-refractivity contribution in [1.82, 2.24) is 25.7 Å². The third-order valence-corrected chi connectivity index (χ3v) is 3.92. The maximum atomic E-state index is 12.4. The first-order valence-electron chi connectivity index (χ1n) is 7.48. The molecular formula is C14H19N5O3. The molecule has 2 N–H and O–H groups in total. The Balaban J connectivity index is 1.47. The molecule has 8 heteroatoms. The minimum atomic E-state index is -0.324. The highest BCUT2D eigenvalue weighted by molar-refractivity contribution is 5.85. The number of ether oxygens (including phenoxy) is 1. The predicted molar refractivity (Wildman–Crippen MR) is 76.6 cm³/mol. The molecule has 118 valence electrons. The van der Waals surface area contributed by atoms with Gasteiger partial charge in [0.25, 0.3) is 0 Å². The number of likely N-dealkylation sites (tertiary alicyclic amines) is 1. The second-order valence-corrected chi connectivity index (χ2v) is 5.47. The first-order valence-corrected chi connectivity index (χ1v) is 7.48. The topological polar surface area (TPSA) is 96.5 Å². The quantitative estimate of drug-likeness (QED) is 0.791. The SMILES string of the molecule is O=C1CCC(C(=O)N2CCC(Oc3cnccn3)CC2)NN1. The molecular weight excluding hydrogens is 286 g/mol. The number of rotatable bonds is 3. The number of nitrogens with zero attached hydrogens (tertiary/aromatic N) is 3. The lowest BCUT2D eigenvalue weighted by molar-refractivity contribution is -0.138. The molecule has 1 aromatic heterocycles. The summed E-state index contributed by atoms with van der Waals surface area (Å²) in [6.07, 6.45) is 7.30. The molecule has 2 aliphatic rings. The summed E-state index contributed by atoms with van der Waals surface area (Å²) in [5.41, 5.74) is 5.29. The van der Waals surface area contributed by atoms with Crippen LogP contribution in [0.5, 0.6) is 5.88 Å². The molecule has 2 aliphatic heterocycles. The Morgan fingerprint density at radius 2 is 2.09 bits per heavy atom. The lowest BCUT2D eigenvalue weighted by Crippen LogP contribution is -2.57. The molecule has 0 aromatic carbocycles. The van der Waals surface area contributed by atoms with E-state index in [1.165, 1.54) is 0 Å². The number of hydrazine groups is 1. The molecule has 0 saturated carbocycles. The lowest BCUT2D eigenvalue weighted by atomic mass is 10.0. The van der Waals surface area contributed by atoms with E-state index in [9.17, 15) is 9.59 Å². The predicted octanol–water partition coefficient (Wildman–Crippen LogP) is -0.370. The van der Waals surface area contributed by atoms with Gasteiger partial charge in [0, 0.05) is 44.7 Å². The highest BCUT2D eigenvalue weighted by Gasteiger charge is 2.31. The molecule has 22 heavy (non-hydrogen) atoms. The molecule has 3 rings (SSSR count). The van der Waals surface area contributed by atoms with Gasteiger partial charge in [0.15, 0.2) is 0 Å². The van der Waals surface area contributed by atoms with Crippen molar-refractivity contribution in [3.63, 3.8) is 0 Å². The smallest absolute Gasteiger partial charge is 0.241 e. The fraction of sp³-hybridized carbons (Fsp3) is 0.571. The van der Waals surface area contributed by atoms with E-state index in [2.05, 4.69) is 20.8 Å².